The van der Waals surface area contributed by atoms with Crippen LogP contribution in [0, 0.1) is 0 Å². The predicted molar refractivity (Wildman–Crippen MR) is 55.8 cm³/mol. The third-order valence-electron chi connectivity index (χ3n) is 1.51. The molecule has 0 atom stereocenters. The highest BCUT2D eigenvalue weighted by Crippen LogP contribution is 2.29. The van der Waals surface area contributed by atoms with E-state index in [1.54, 1.807) is 18.2 Å². The number of benzene rings is 1. The van der Waals surface area contributed by atoms with Crippen LogP contribution in [0.2, 0.25) is 5.02 Å². The topological polar surface area (TPSA) is 61.0 Å². The van der Waals surface area contributed by atoms with Crippen molar-refractivity contribution in [2.75, 3.05) is 5.73 Å². The summed E-state index contributed by atoms with van der Waals surface area (Å²) in [7, 11) is 0. The number of nitrogens with zero attached hydrogens (tertiary/aromatic N) is 2. The smallest absolute Gasteiger partial charge is 0.298 e. The average Bonchev–Trinajstić information content (AvgIpc) is 2.62. The first kappa shape index (κ1) is 9.23. The van der Waals surface area contributed by atoms with Gasteiger partial charge in [-0.2, -0.15) is 9.36 Å². The van der Waals surface area contributed by atoms with E-state index in [9.17, 15) is 0 Å². The number of nitrogens with two attached hydrogens (primary N) is 1. The molecule has 0 spiro atoms. The minimum atomic E-state index is 0.457. The molecule has 0 aliphatic heterocycles. The lowest BCUT2D eigenvalue weighted by Gasteiger charge is -2.04. The van der Waals surface area contributed by atoms with Gasteiger partial charge in [0.15, 0.2) is 5.75 Å². The molecule has 0 aliphatic carbocycles. The van der Waals surface area contributed by atoms with Crippen LogP contribution in [0.15, 0.2) is 24.5 Å². The molecule has 2 N–H and O–H groups in total. The lowest BCUT2D eigenvalue weighted by molar-refractivity contribution is 0.481. The largest absolute Gasteiger partial charge is 0.428 e. The van der Waals surface area contributed by atoms with E-state index >= 15 is 0 Å². The van der Waals surface area contributed by atoms with Crippen molar-refractivity contribution < 1.29 is 4.74 Å². The summed E-state index contributed by atoms with van der Waals surface area (Å²) in [6.45, 7) is 0. The molecular weight excluding hydrogens is 222 g/mol. The third-order valence-corrected chi connectivity index (χ3v) is 2.29. The number of nitrogen functional groups attached to an aromatic ring is 1. The van der Waals surface area contributed by atoms with Gasteiger partial charge in [-0.1, -0.05) is 11.6 Å². The summed E-state index contributed by atoms with van der Waals surface area (Å²) in [5, 5.41) is 1.03. The highest BCUT2D eigenvalue weighted by Gasteiger charge is 2.04. The molecule has 0 bridgehead atoms. The zero-order chi connectivity index (χ0) is 9.97. The molecule has 0 saturated carbocycles. The van der Waals surface area contributed by atoms with Crippen LogP contribution in [0.4, 0.5) is 5.69 Å². The van der Waals surface area contributed by atoms with Gasteiger partial charge in [0.2, 0.25) is 0 Å². The Labute approximate surface area is 89.5 Å². The van der Waals surface area contributed by atoms with Gasteiger partial charge in [-0.05, 0) is 18.2 Å². The maximum absolute atomic E-state index is 5.74. The van der Waals surface area contributed by atoms with E-state index in [2.05, 4.69) is 9.36 Å². The van der Waals surface area contributed by atoms with E-state index in [1.807, 2.05) is 0 Å². The number of aromatic nitrogens is 2. The van der Waals surface area contributed by atoms with Crippen molar-refractivity contribution in [3.05, 3.63) is 29.5 Å². The summed E-state index contributed by atoms with van der Waals surface area (Å²) in [5.41, 5.74) is 6.16. The van der Waals surface area contributed by atoms with Crippen molar-refractivity contribution in [3.8, 4) is 10.9 Å². The molecule has 14 heavy (non-hydrogen) atoms. The van der Waals surface area contributed by atoms with Crippen molar-refractivity contribution in [1.29, 1.82) is 0 Å². The molecule has 0 radical (unpaired) electrons. The normalized spacial score (nSPS) is 10.1. The molecule has 2 rings (SSSR count). The fourth-order valence-electron chi connectivity index (χ4n) is 0.914. The SMILES string of the molecule is Nc1cc(Cl)ccc1Oc1ncns1. The molecular formula is C8H6ClN3OS. The highest BCUT2D eigenvalue weighted by molar-refractivity contribution is 7.07. The summed E-state index contributed by atoms with van der Waals surface area (Å²) in [6.07, 6.45) is 1.42. The van der Waals surface area contributed by atoms with E-state index in [-0.39, 0.29) is 0 Å². The van der Waals surface area contributed by atoms with Crippen LogP contribution in [-0.2, 0) is 0 Å². The zero-order valence-corrected chi connectivity index (χ0v) is 8.55. The Kier molecular flexibility index (Phi) is 2.51. The van der Waals surface area contributed by atoms with Gasteiger partial charge < -0.3 is 10.5 Å². The maximum Gasteiger partial charge on any atom is 0.298 e. The van der Waals surface area contributed by atoms with E-state index in [1.165, 1.54) is 6.33 Å². The number of anilines is 1. The van der Waals surface area contributed by atoms with Gasteiger partial charge in [0.25, 0.3) is 5.19 Å². The molecule has 2 aromatic rings. The van der Waals surface area contributed by atoms with Crippen molar-refractivity contribution >= 4 is 28.8 Å². The molecule has 4 nitrogen and oxygen atoms in total. The van der Waals surface area contributed by atoms with Gasteiger partial charge in [0, 0.05) is 16.6 Å². The molecule has 1 aromatic carbocycles. The maximum atomic E-state index is 5.74. The second kappa shape index (κ2) is 3.81. The summed E-state index contributed by atoms with van der Waals surface area (Å²) in [5.74, 6) is 0.533. The average molecular weight is 228 g/mol. The van der Waals surface area contributed by atoms with Crippen molar-refractivity contribution in [3.63, 3.8) is 0 Å². The Bertz CT molecular complexity index is 432. The number of ether oxygens (including phenoxy) is 1. The number of halogens is 1. The molecule has 0 saturated heterocycles. The molecule has 0 fully saturated rings. The van der Waals surface area contributed by atoms with Gasteiger partial charge in [-0.25, -0.2) is 0 Å². The van der Waals surface area contributed by atoms with Crippen molar-refractivity contribution in [2.24, 2.45) is 0 Å². The molecule has 0 amide bonds. The van der Waals surface area contributed by atoms with Crippen LogP contribution < -0.4 is 10.5 Å². The quantitative estimate of drug-likeness (QED) is 0.801. The summed E-state index contributed by atoms with van der Waals surface area (Å²) < 4.78 is 9.17. The molecule has 0 unspecified atom stereocenters. The first-order valence-corrected chi connectivity index (χ1v) is 4.90. The minimum Gasteiger partial charge on any atom is -0.428 e. The van der Waals surface area contributed by atoms with Crippen molar-refractivity contribution in [2.45, 2.75) is 0 Å². The molecule has 6 heteroatoms. The third kappa shape index (κ3) is 1.94. The second-order valence-corrected chi connectivity index (χ2v) is 3.67. The van der Waals surface area contributed by atoms with Crippen molar-refractivity contribution in [1.82, 2.24) is 9.36 Å². The van der Waals surface area contributed by atoms with E-state index in [0.717, 1.165) is 11.5 Å². The van der Waals surface area contributed by atoms with E-state index in [0.29, 0.717) is 21.7 Å². The molecule has 72 valence electrons. The van der Waals surface area contributed by atoms with Crippen LogP contribution in [0.25, 0.3) is 0 Å². The van der Waals surface area contributed by atoms with E-state index in [4.69, 9.17) is 22.1 Å². The highest BCUT2D eigenvalue weighted by atomic mass is 35.5. The van der Waals surface area contributed by atoms with Gasteiger partial charge >= 0.3 is 0 Å². The van der Waals surface area contributed by atoms with Crippen LogP contribution >= 0.6 is 23.1 Å². The van der Waals surface area contributed by atoms with Gasteiger partial charge in [0.05, 0.1) is 5.69 Å². The fourth-order valence-corrected chi connectivity index (χ4v) is 1.50. The Morgan fingerprint density at radius 3 is 2.93 bits per heavy atom. The summed E-state index contributed by atoms with van der Waals surface area (Å²) >= 11 is 6.90. The Morgan fingerprint density at radius 1 is 1.43 bits per heavy atom. The fraction of sp³-hybridized carbons (Fsp3) is 0. The monoisotopic (exact) mass is 227 g/mol. The number of hydrogen-bond acceptors (Lipinski definition) is 5. The molecule has 0 aliphatic rings. The minimum absolute atomic E-state index is 0.457. The van der Waals surface area contributed by atoms with Crippen LogP contribution in [0.1, 0.15) is 0 Å². The Balaban J connectivity index is 2.25. The van der Waals surface area contributed by atoms with Gasteiger partial charge in [0.1, 0.15) is 6.33 Å². The Morgan fingerprint density at radius 2 is 2.29 bits per heavy atom. The van der Waals surface area contributed by atoms with Gasteiger partial charge in [-0.15, -0.1) is 0 Å². The summed E-state index contributed by atoms with van der Waals surface area (Å²) in [6, 6.07) is 5.02. The first-order valence-electron chi connectivity index (χ1n) is 3.75. The van der Waals surface area contributed by atoms with Crippen LogP contribution in [0.3, 0.4) is 0 Å². The zero-order valence-electron chi connectivity index (χ0n) is 6.98. The Hall–Kier alpha value is -1.33. The predicted octanol–water partition coefficient (Wildman–Crippen LogP) is 2.57. The van der Waals surface area contributed by atoms with E-state index < -0.39 is 0 Å². The van der Waals surface area contributed by atoms with Crippen LogP contribution in [-0.4, -0.2) is 9.36 Å². The second-order valence-electron chi connectivity index (χ2n) is 2.49. The lowest BCUT2D eigenvalue weighted by Crippen LogP contribution is -1.91. The summed E-state index contributed by atoms with van der Waals surface area (Å²) in [4.78, 5) is 3.87. The first-order chi connectivity index (χ1) is 6.75. The van der Waals surface area contributed by atoms with Gasteiger partial charge in [-0.3, -0.25) is 0 Å². The lowest BCUT2D eigenvalue weighted by atomic mass is 10.3. The van der Waals surface area contributed by atoms with Crippen LogP contribution in [0.5, 0.6) is 10.9 Å². The number of rotatable bonds is 2. The standard InChI is InChI=1S/C8H6ClN3OS/c9-5-1-2-7(6(10)3-5)13-8-11-4-12-14-8/h1-4H,10H2. The molecule has 1 heterocycles. The number of hydrogen-bond donors (Lipinski definition) is 1. The molecule has 1 aromatic heterocycles.